The van der Waals surface area contributed by atoms with Gasteiger partial charge in [-0.05, 0) is 61.6 Å². The number of H-pyrrole nitrogens is 1. The van der Waals surface area contributed by atoms with Crippen LogP contribution >= 0.6 is 0 Å². The quantitative estimate of drug-likeness (QED) is 0.602. The van der Waals surface area contributed by atoms with Crippen LogP contribution in [0.2, 0.25) is 0 Å². The Labute approximate surface area is 199 Å². The SMILES string of the molecule is COc1ccc(S(=O)(=O)N2CCN(C(=O)c3ccc4[nH]c5c(c4c3)CCCC5)CC2)cc1OC. The number of fused-ring (bicyclic) bond motifs is 3. The highest BCUT2D eigenvalue weighted by Gasteiger charge is 2.31. The number of hydrogen-bond acceptors (Lipinski definition) is 5. The molecule has 3 aromatic rings. The van der Waals surface area contributed by atoms with Crippen molar-refractivity contribution in [3.8, 4) is 11.5 Å². The molecule has 0 radical (unpaired) electrons. The number of ether oxygens (including phenoxy) is 2. The molecule has 1 aromatic heterocycles. The van der Waals surface area contributed by atoms with Gasteiger partial charge in [0.1, 0.15) is 0 Å². The van der Waals surface area contributed by atoms with Gasteiger partial charge in [0.2, 0.25) is 10.0 Å². The number of nitrogens with zero attached hydrogens (tertiary/aromatic N) is 2. The Morgan fingerprint density at radius 3 is 2.38 bits per heavy atom. The van der Waals surface area contributed by atoms with Crippen LogP contribution in [0.4, 0.5) is 0 Å². The molecular weight excluding hydrogens is 454 g/mol. The summed E-state index contributed by atoms with van der Waals surface area (Å²) in [5.74, 6) is 0.771. The summed E-state index contributed by atoms with van der Waals surface area (Å²) in [4.78, 5) is 18.6. The Kier molecular flexibility index (Phi) is 5.99. The van der Waals surface area contributed by atoms with Crippen molar-refractivity contribution >= 4 is 26.8 Å². The summed E-state index contributed by atoms with van der Waals surface area (Å²) in [5.41, 5.74) is 4.35. The van der Waals surface area contributed by atoms with Crippen molar-refractivity contribution in [2.45, 2.75) is 30.6 Å². The molecule has 1 aliphatic heterocycles. The molecule has 2 aromatic carbocycles. The average molecular weight is 484 g/mol. The van der Waals surface area contributed by atoms with Gasteiger partial charge < -0.3 is 19.4 Å². The maximum atomic E-state index is 13.2. The molecule has 8 nitrogen and oxygen atoms in total. The van der Waals surface area contributed by atoms with Crippen molar-refractivity contribution in [2.24, 2.45) is 0 Å². The average Bonchev–Trinajstić information content (AvgIpc) is 3.25. The second-order valence-electron chi connectivity index (χ2n) is 8.76. The maximum Gasteiger partial charge on any atom is 0.253 e. The van der Waals surface area contributed by atoms with Crippen LogP contribution in [0.25, 0.3) is 10.9 Å². The number of sulfonamides is 1. The number of aryl methyl sites for hydroxylation is 2. The Hall–Kier alpha value is -3.04. The number of carbonyl (C=O) groups is 1. The van der Waals surface area contributed by atoms with Gasteiger partial charge in [-0.1, -0.05) is 0 Å². The van der Waals surface area contributed by atoms with Crippen molar-refractivity contribution in [1.82, 2.24) is 14.2 Å². The second kappa shape index (κ2) is 8.96. The summed E-state index contributed by atoms with van der Waals surface area (Å²) in [5, 5.41) is 1.13. The fraction of sp³-hybridized carbons (Fsp3) is 0.400. The van der Waals surface area contributed by atoms with E-state index in [-0.39, 0.29) is 23.9 Å². The first-order valence-corrected chi connectivity index (χ1v) is 13.0. The molecule has 0 atom stereocenters. The van der Waals surface area contributed by atoms with E-state index in [9.17, 15) is 13.2 Å². The zero-order chi connectivity index (χ0) is 23.9. The van der Waals surface area contributed by atoms with E-state index in [1.54, 1.807) is 11.0 Å². The van der Waals surface area contributed by atoms with Gasteiger partial charge in [0, 0.05) is 54.4 Å². The molecule has 1 fully saturated rings. The van der Waals surface area contributed by atoms with Crippen molar-refractivity contribution in [3.63, 3.8) is 0 Å². The maximum absolute atomic E-state index is 13.2. The Balaban J connectivity index is 1.31. The predicted octanol–water partition coefficient (Wildman–Crippen LogP) is 3.21. The van der Waals surface area contributed by atoms with Crippen LogP contribution in [0.15, 0.2) is 41.3 Å². The predicted molar refractivity (Wildman–Crippen MR) is 129 cm³/mol. The lowest BCUT2D eigenvalue weighted by molar-refractivity contribution is 0.0698. The highest BCUT2D eigenvalue weighted by atomic mass is 32.2. The number of methoxy groups -OCH3 is 2. The van der Waals surface area contributed by atoms with Gasteiger partial charge in [0.05, 0.1) is 19.1 Å². The third-order valence-electron chi connectivity index (χ3n) is 6.86. The van der Waals surface area contributed by atoms with E-state index in [0.717, 1.165) is 23.7 Å². The molecule has 34 heavy (non-hydrogen) atoms. The van der Waals surface area contributed by atoms with Gasteiger partial charge in [-0.15, -0.1) is 0 Å². The first kappa shape index (κ1) is 22.7. The molecule has 1 saturated heterocycles. The number of aromatic nitrogens is 1. The molecular formula is C25H29N3O5S. The van der Waals surface area contributed by atoms with Gasteiger partial charge in [0.15, 0.2) is 11.5 Å². The lowest BCUT2D eigenvalue weighted by Crippen LogP contribution is -2.50. The molecule has 1 amide bonds. The molecule has 0 unspecified atom stereocenters. The van der Waals surface area contributed by atoms with Crippen LogP contribution < -0.4 is 9.47 Å². The summed E-state index contributed by atoms with van der Waals surface area (Å²) >= 11 is 0. The lowest BCUT2D eigenvalue weighted by atomic mass is 9.95. The molecule has 2 heterocycles. The van der Waals surface area contributed by atoms with Crippen molar-refractivity contribution < 1.29 is 22.7 Å². The van der Waals surface area contributed by atoms with Crippen LogP contribution in [-0.4, -0.2) is 68.9 Å². The summed E-state index contributed by atoms with van der Waals surface area (Å²) in [6, 6.07) is 10.4. The minimum absolute atomic E-state index is 0.0594. The molecule has 1 N–H and O–H groups in total. The van der Waals surface area contributed by atoms with Crippen LogP contribution in [-0.2, 0) is 22.9 Å². The van der Waals surface area contributed by atoms with E-state index in [0.29, 0.717) is 30.2 Å². The monoisotopic (exact) mass is 483 g/mol. The van der Waals surface area contributed by atoms with Crippen LogP contribution in [0.1, 0.15) is 34.5 Å². The summed E-state index contributed by atoms with van der Waals surface area (Å²) < 4.78 is 38.2. The van der Waals surface area contributed by atoms with Gasteiger partial charge in [-0.3, -0.25) is 4.79 Å². The first-order valence-electron chi connectivity index (χ1n) is 11.6. The second-order valence-corrected chi connectivity index (χ2v) is 10.7. The molecule has 0 saturated carbocycles. The van der Waals surface area contributed by atoms with E-state index in [2.05, 4.69) is 4.98 Å². The highest BCUT2D eigenvalue weighted by Crippen LogP contribution is 2.32. The molecule has 9 heteroatoms. The number of nitrogens with one attached hydrogen (secondary N) is 1. The minimum Gasteiger partial charge on any atom is -0.493 e. The standard InChI is InChI=1S/C25H29N3O5S/c1-32-23-10-8-18(16-24(23)33-2)34(30,31)28-13-11-27(12-14-28)25(29)17-7-9-22-20(15-17)19-5-3-4-6-21(19)26-22/h7-10,15-16,26H,3-6,11-14H2,1-2H3. The molecule has 5 rings (SSSR count). The molecule has 0 spiro atoms. The van der Waals surface area contributed by atoms with E-state index < -0.39 is 10.0 Å². The number of hydrogen-bond donors (Lipinski definition) is 1. The zero-order valence-corrected chi connectivity index (χ0v) is 20.3. The number of benzene rings is 2. The van der Waals surface area contributed by atoms with Gasteiger partial charge >= 0.3 is 0 Å². The van der Waals surface area contributed by atoms with Gasteiger partial charge in [0.25, 0.3) is 5.91 Å². The number of carbonyl (C=O) groups excluding carboxylic acids is 1. The Bertz CT molecular complexity index is 1340. The first-order chi connectivity index (χ1) is 16.4. The third kappa shape index (κ3) is 3.92. The third-order valence-corrected chi connectivity index (χ3v) is 8.76. The molecule has 180 valence electrons. The minimum atomic E-state index is -3.71. The Morgan fingerprint density at radius 1 is 0.912 bits per heavy atom. The molecule has 2 aliphatic rings. The van der Waals surface area contributed by atoms with Crippen LogP contribution in [0, 0.1) is 0 Å². The Morgan fingerprint density at radius 2 is 1.65 bits per heavy atom. The van der Waals surface area contributed by atoms with Crippen LogP contribution in [0.5, 0.6) is 11.5 Å². The van der Waals surface area contributed by atoms with E-state index in [4.69, 9.17) is 9.47 Å². The summed E-state index contributed by atoms with van der Waals surface area (Å²) in [6.45, 7) is 1.16. The summed E-state index contributed by atoms with van der Waals surface area (Å²) in [6.07, 6.45) is 4.47. The van der Waals surface area contributed by atoms with Crippen molar-refractivity contribution in [1.29, 1.82) is 0 Å². The zero-order valence-electron chi connectivity index (χ0n) is 19.5. The smallest absolute Gasteiger partial charge is 0.253 e. The van der Waals surface area contributed by atoms with Crippen LogP contribution in [0.3, 0.4) is 0 Å². The van der Waals surface area contributed by atoms with Crippen molar-refractivity contribution in [3.05, 3.63) is 53.2 Å². The number of piperazine rings is 1. The molecule has 1 aliphatic carbocycles. The van der Waals surface area contributed by atoms with Crippen molar-refractivity contribution in [2.75, 3.05) is 40.4 Å². The highest BCUT2D eigenvalue weighted by molar-refractivity contribution is 7.89. The largest absolute Gasteiger partial charge is 0.493 e. The molecule has 0 bridgehead atoms. The summed E-state index contributed by atoms with van der Waals surface area (Å²) in [7, 11) is -0.733. The normalized spacial score (nSPS) is 16.9. The number of aromatic amines is 1. The number of rotatable bonds is 5. The fourth-order valence-electron chi connectivity index (χ4n) is 4.98. The van der Waals surface area contributed by atoms with E-state index in [1.807, 2.05) is 18.2 Å². The number of amides is 1. The van der Waals surface area contributed by atoms with E-state index in [1.165, 1.54) is 54.8 Å². The van der Waals surface area contributed by atoms with E-state index >= 15 is 0 Å². The fourth-order valence-corrected chi connectivity index (χ4v) is 6.42. The lowest BCUT2D eigenvalue weighted by Gasteiger charge is -2.34. The van der Waals surface area contributed by atoms with Gasteiger partial charge in [-0.25, -0.2) is 8.42 Å². The topological polar surface area (TPSA) is 91.9 Å². The van der Waals surface area contributed by atoms with Gasteiger partial charge in [-0.2, -0.15) is 4.31 Å².